The highest BCUT2D eigenvalue weighted by Gasteiger charge is 2.36. The lowest BCUT2D eigenvalue weighted by Gasteiger charge is -2.21. The third-order valence-corrected chi connectivity index (χ3v) is 5.91. The quantitative estimate of drug-likeness (QED) is 0.543. The van der Waals surface area contributed by atoms with E-state index >= 15 is 0 Å². The Balaban J connectivity index is 1.66. The fraction of sp³-hybridized carbons (Fsp3) is 0.333. The molecule has 2 heterocycles. The second-order valence-corrected chi connectivity index (χ2v) is 7.88. The number of benzene rings is 2. The normalized spacial score (nSPS) is 24.3. The minimum Gasteiger partial charge on any atom is -0.371 e. The molecule has 2 aliphatic rings. The molecule has 2 saturated heterocycles. The standard InChI is InChI=1S/C18H19O5P/c19-24(22-12-15-10-20-15,23-13-16-11-21-16)18-9-5-4-8-17(18)14-6-2-1-3-7-14/h1-9,15-16H,10-13H2. The number of ether oxygens (including phenoxy) is 2. The van der Waals surface area contributed by atoms with Crippen LogP contribution in [0.4, 0.5) is 0 Å². The molecule has 0 aromatic heterocycles. The number of hydrogen-bond acceptors (Lipinski definition) is 5. The summed E-state index contributed by atoms with van der Waals surface area (Å²) in [6, 6.07) is 17.3. The first-order valence-electron chi connectivity index (χ1n) is 8.02. The fourth-order valence-electron chi connectivity index (χ4n) is 2.44. The van der Waals surface area contributed by atoms with Gasteiger partial charge in [-0.2, -0.15) is 0 Å². The Morgan fingerprint density at radius 2 is 1.42 bits per heavy atom. The maximum atomic E-state index is 13.5. The molecule has 0 aliphatic carbocycles. The molecular weight excluding hydrogens is 327 g/mol. The number of rotatable bonds is 8. The van der Waals surface area contributed by atoms with Crippen molar-refractivity contribution in [3.8, 4) is 11.1 Å². The lowest BCUT2D eigenvalue weighted by atomic mass is 10.1. The molecular formula is C18H19O5P. The maximum absolute atomic E-state index is 13.5. The molecule has 24 heavy (non-hydrogen) atoms. The van der Waals surface area contributed by atoms with Crippen LogP contribution in [0.25, 0.3) is 11.1 Å². The predicted octanol–water partition coefficient (Wildman–Crippen LogP) is 3.00. The van der Waals surface area contributed by atoms with Crippen LogP contribution in [0.1, 0.15) is 0 Å². The van der Waals surface area contributed by atoms with E-state index < -0.39 is 7.60 Å². The summed E-state index contributed by atoms with van der Waals surface area (Å²) in [6.45, 7) is 1.83. The molecule has 0 radical (unpaired) electrons. The van der Waals surface area contributed by atoms with Gasteiger partial charge in [0, 0.05) is 0 Å². The Hall–Kier alpha value is -1.49. The van der Waals surface area contributed by atoms with Gasteiger partial charge in [-0.15, -0.1) is 0 Å². The number of epoxide rings is 2. The van der Waals surface area contributed by atoms with Crippen molar-refractivity contribution in [2.45, 2.75) is 12.2 Å². The third-order valence-electron chi connectivity index (χ3n) is 3.95. The molecule has 0 amide bonds. The van der Waals surface area contributed by atoms with Crippen molar-refractivity contribution >= 4 is 12.9 Å². The van der Waals surface area contributed by atoms with Gasteiger partial charge < -0.3 is 18.5 Å². The summed E-state index contributed by atoms with van der Waals surface area (Å²) in [6.07, 6.45) is 0.0333. The molecule has 2 unspecified atom stereocenters. The first-order valence-corrected chi connectivity index (χ1v) is 9.56. The molecule has 6 heteroatoms. The van der Waals surface area contributed by atoms with Crippen molar-refractivity contribution < 1.29 is 23.1 Å². The smallest absolute Gasteiger partial charge is 0.362 e. The SMILES string of the molecule is O=P(OCC1CO1)(OCC1CO1)c1ccccc1-c1ccccc1. The molecule has 5 nitrogen and oxygen atoms in total. The Morgan fingerprint density at radius 1 is 0.875 bits per heavy atom. The molecule has 2 aliphatic heterocycles. The van der Waals surface area contributed by atoms with Gasteiger partial charge in [-0.05, 0) is 17.2 Å². The highest BCUT2D eigenvalue weighted by Crippen LogP contribution is 2.50. The Morgan fingerprint density at radius 3 is 2.00 bits per heavy atom. The van der Waals surface area contributed by atoms with Crippen LogP contribution in [0.3, 0.4) is 0 Å². The Labute approximate surface area is 141 Å². The highest BCUT2D eigenvalue weighted by molar-refractivity contribution is 7.62. The van der Waals surface area contributed by atoms with Gasteiger partial charge in [-0.25, -0.2) is 0 Å². The van der Waals surface area contributed by atoms with Crippen molar-refractivity contribution in [2.24, 2.45) is 0 Å². The maximum Gasteiger partial charge on any atom is 0.362 e. The van der Waals surface area contributed by atoms with Gasteiger partial charge in [0.25, 0.3) is 0 Å². The van der Waals surface area contributed by atoms with Gasteiger partial charge in [0.15, 0.2) is 0 Å². The molecule has 2 fully saturated rings. The summed E-state index contributed by atoms with van der Waals surface area (Å²) in [5.41, 5.74) is 1.83. The van der Waals surface area contributed by atoms with E-state index in [9.17, 15) is 4.57 Å². The summed E-state index contributed by atoms with van der Waals surface area (Å²) in [5.74, 6) is 0. The first-order chi connectivity index (χ1) is 11.7. The molecule has 2 aromatic rings. The van der Waals surface area contributed by atoms with Gasteiger partial charge in [-0.3, -0.25) is 4.57 Å². The van der Waals surface area contributed by atoms with Crippen molar-refractivity contribution in [1.82, 2.24) is 0 Å². The van der Waals surface area contributed by atoms with Crippen LogP contribution < -0.4 is 5.30 Å². The molecule has 2 aromatic carbocycles. The van der Waals surface area contributed by atoms with E-state index in [0.717, 1.165) is 11.1 Å². The average Bonchev–Trinajstić information content (AvgIpc) is 3.54. The minimum atomic E-state index is -3.46. The largest absolute Gasteiger partial charge is 0.371 e. The topological polar surface area (TPSA) is 60.6 Å². The predicted molar refractivity (Wildman–Crippen MR) is 90.5 cm³/mol. The van der Waals surface area contributed by atoms with E-state index in [2.05, 4.69) is 0 Å². The van der Waals surface area contributed by atoms with Crippen molar-refractivity contribution in [3.05, 3.63) is 54.6 Å². The van der Waals surface area contributed by atoms with Crippen LogP contribution in [0.2, 0.25) is 0 Å². The van der Waals surface area contributed by atoms with Gasteiger partial charge in [0.05, 0.1) is 31.7 Å². The average molecular weight is 346 g/mol. The van der Waals surface area contributed by atoms with Gasteiger partial charge in [0.2, 0.25) is 0 Å². The molecule has 0 spiro atoms. The summed E-state index contributed by atoms with van der Waals surface area (Å²) >= 11 is 0. The van der Waals surface area contributed by atoms with E-state index in [1.54, 1.807) is 0 Å². The zero-order valence-electron chi connectivity index (χ0n) is 13.2. The lowest BCUT2D eigenvalue weighted by molar-refractivity contribution is 0.184. The Bertz CT molecular complexity index is 720. The fourth-order valence-corrected chi connectivity index (χ4v) is 4.29. The van der Waals surface area contributed by atoms with Gasteiger partial charge in [-0.1, -0.05) is 48.5 Å². The highest BCUT2D eigenvalue weighted by atomic mass is 31.2. The first kappa shape index (κ1) is 16.0. The second-order valence-electron chi connectivity index (χ2n) is 5.88. The van der Waals surface area contributed by atoms with Gasteiger partial charge in [0.1, 0.15) is 12.2 Å². The summed E-state index contributed by atoms with van der Waals surface area (Å²) in [4.78, 5) is 0. The van der Waals surface area contributed by atoms with Crippen LogP contribution in [0.5, 0.6) is 0 Å². The summed E-state index contributed by atoms with van der Waals surface area (Å²) < 4.78 is 35.3. The van der Waals surface area contributed by atoms with E-state index in [1.165, 1.54) is 0 Å². The van der Waals surface area contributed by atoms with Crippen molar-refractivity contribution in [1.29, 1.82) is 0 Å². The molecule has 4 rings (SSSR count). The zero-order chi connectivity index (χ0) is 16.4. The molecule has 0 saturated carbocycles. The van der Waals surface area contributed by atoms with Crippen molar-refractivity contribution in [2.75, 3.05) is 26.4 Å². The summed E-state index contributed by atoms with van der Waals surface area (Å²) in [7, 11) is -3.46. The van der Waals surface area contributed by atoms with Crippen LogP contribution in [-0.4, -0.2) is 38.6 Å². The van der Waals surface area contributed by atoms with Crippen molar-refractivity contribution in [3.63, 3.8) is 0 Å². The molecule has 0 bridgehead atoms. The monoisotopic (exact) mass is 346 g/mol. The van der Waals surface area contributed by atoms with Crippen LogP contribution in [0.15, 0.2) is 54.6 Å². The molecule has 2 atom stereocenters. The second kappa shape index (κ2) is 6.79. The van der Waals surface area contributed by atoms with E-state index in [4.69, 9.17) is 18.5 Å². The minimum absolute atomic E-state index is 0.0167. The van der Waals surface area contributed by atoms with E-state index in [-0.39, 0.29) is 25.4 Å². The molecule has 0 N–H and O–H groups in total. The van der Waals surface area contributed by atoms with E-state index in [0.29, 0.717) is 18.5 Å². The molecule has 126 valence electrons. The van der Waals surface area contributed by atoms with Crippen LogP contribution in [-0.2, 0) is 23.1 Å². The van der Waals surface area contributed by atoms with Crippen LogP contribution in [0, 0.1) is 0 Å². The zero-order valence-corrected chi connectivity index (χ0v) is 14.1. The summed E-state index contributed by atoms with van der Waals surface area (Å²) in [5, 5.41) is 0.581. The Kier molecular flexibility index (Phi) is 4.53. The van der Waals surface area contributed by atoms with Gasteiger partial charge >= 0.3 is 7.60 Å². The number of hydrogen-bond donors (Lipinski definition) is 0. The van der Waals surface area contributed by atoms with E-state index in [1.807, 2.05) is 54.6 Å². The third kappa shape index (κ3) is 3.77. The van der Waals surface area contributed by atoms with Crippen LogP contribution >= 0.6 is 7.60 Å². The lowest BCUT2D eigenvalue weighted by Crippen LogP contribution is -2.17.